The fraction of sp³-hybridized carbons (Fsp3) is 0.571. The van der Waals surface area contributed by atoms with Crippen LogP contribution in [-0.4, -0.2) is 89.0 Å². The lowest BCUT2D eigenvalue weighted by Gasteiger charge is -2.41. The Kier molecular flexibility index (Phi) is 7.78. The van der Waals surface area contributed by atoms with Crippen LogP contribution in [0.3, 0.4) is 0 Å². The van der Waals surface area contributed by atoms with Crippen LogP contribution < -0.4 is 15.1 Å². The molecule has 2 amide bonds. The number of amides is 2. The van der Waals surface area contributed by atoms with Crippen LogP contribution in [0.2, 0.25) is 0 Å². The Labute approximate surface area is 224 Å². The minimum absolute atomic E-state index is 0.00656. The average Bonchev–Trinajstić information content (AvgIpc) is 3.43. The molecule has 1 aromatic heterocycles. The van der Waals surface area contributed by atoms with Crippen LogP contribution in [-0.2, 0) is 4.79 Å². The zero-order chi connectivity index (χ0) is 26.8. The highest BCUT2D eigenvalue weighted by Gasteiger charge is 2.38. The lowest BCUT2D eigenvalue weighted by molar-refractivity contribution is -0.133. The van der Waals surface area contributed by atoms with Gasteiger partial charge in [-0.2, -0.15) is 0 Å². The quantitative estimate of drug-likeness (QED) is 0.623. The number of likely N-dealkylation sites (tertiary alicyclic amines) is 1. The van der Waals surface area contributed by atoms with Crippen LogP contribution >= 0.6 is 0 Å². The summed E-state index contributed by atoms with van der Waals surface area (Å²) in [5.41, 5.74) is 1.77. The molecule has 2 atom stereocenters. The second-order valence-electron chi connectivity index (χ2n) is 10.7. The molecule has 0 unspecified atom stereocenters. The molecule has 0 radical (unpaired) electrons. The van der Waals surface area contributed by atoms with Crippen molar-refractivity contribution in [1.82, 2.24) is 25.1 Å². The maximum absolute atomic E-state index is 14.4. The fourth-order valence-corrected chi connectivity index (χ4v) is 6.06. The van der Waals surface area contributed by atoms with Crippen molar-refractivity contribution in [2.45, 2.75) is 64.6 Å². The van der Waals surface area contributed by atoms with E-state index in [1.54, 1.807) is 17.2 Å². The van der Waals surface area contributed by atoms with E-state index in [2.05, 4.69) is 20.2 Å². The molecule has 2 aromatic rings. The fourth-order valence-electron chi connectivity index (χ4n) is 6.06. The third-order valence-corrected chi connectivity index (χ3v) is 8.03. The lowest BCUT2D eigenvalue weighted by Crippen LogP contribution is -2.50. The third kappa shape index (κ3) is 5.06. The van der Waals surface area contributed by atoms with E-state index >= 15 is 0 Å². The summed E-state index contributed by atoms with van der Waals surface area (Å²) < 4.78 is 14.4. The molecule has 1 aromatic carbocycles. The summed E-state index contributed by atoms with van der Waals surface area (Å²) in [6, 6.07) is 4.48. The molecule has 10 heteroatoms. The number of anilines is 3. The number of nitrogens with one attached hydrogen (secondary N) is 1. The molecule has 0 aliphatic carbocycles. The van der Waals surface area contributed by atoms with Gasteiger partial charge in [-0.3, -0.25) is 9.59 Å². The number of rotatable bonds is 6. The molecule has 1 N–H and O–H groups in total. The molecule has 2 fully saturated rings. The summed E-state index contributed by atoms with van der Waals surface area (Å²) >= 11 is 0. The highest BCUT2D eigenvalue weighted by atomic mass is 19.1. The van der Waals surface area contributed by atoms with E-state index in [0.717, 1.165) is 50.3 Å². The largest absolute Gasteiger partial charge is 0.348 e. The van der Waals surface area contributed by atoms with Gasteiger partial charge in [0.25, 0.3) is 5.91 Å². The van der Waals surface area contributed by atoms with Gasteiger partial charge in [-0.25, -0.2) is 14.4 Å². The van der Waals surface area contributed by atoms with Gasteiger partial charge in [0.1, 0.15) is 17.8 Å². The van der Waals surface area contributed by atoms with Crippen LogP contribution in [0.1, 0.15) is 56.8 Å². The maximum Gasteiger partial charge on any atom is 0.256 e. The zero-order valence-electron chi connectivity index (χ0n) is 22.6. The third-order valence-electron chi connectivity index (χ3n) is 8.03. The van der Waals surface area contributed by atoms with Crippen molar-refractivity contribution in [2.24, 2.45) is 0 Å². The first-order valence-corrected chi connectivity index (χ1v) is 13.9. The van der Waals surface area contributed by atoms with E-state index in [4.69, 9.17) is 0 Å². The minimum Gasteiger partial charge on any atom is -0.348 e. The van der Waals surface area contributed by atoms with E-state index in [1.165, 1.54) is 18.5 Å². The Morgan fingerprint density at radius 2 is 2.00 bits per heavy atom. The van der Waals surface area contributed by atoms with Crippen molar-refractivity contribution >= 4 is 29.0 Å². The van der Waals surface area contributed by atoms with Gasteiger partial charge in [-0.1, -0.05) is 6.42 Å². The number of fused-ring (bicyclic) bond motifs is 1. The van der Waals surface area contributed by atoms with Crippen molar-refractivity contribution in [2.75, 3.05) is 49.1 Å². The van der Waals surface area contributed by atoms with Gasteiger partial charge in [0, 0.05) is 44.8 Å². The minimum atomic E-state index is -0.441. The average molecular weight is 524 g/mol. The van der Waals surface area contributed by atoms with Crippen LogP contribution in [0.4, 0.5) is 21.6 Å². The number of halogens is 1. The zero-order valence-corrected chi connectivity index (χ0v) is 22.6. The Hall–Kier alpha value is -3.27. The Balaban J connectivity index is 1.40. The van der Waals surface area contributed by atoms with Gasteiger partial charge in [-0.15, -0.1) is 0 Å². The van der Waals surface area contributed by atoms with Gasteiger partial charge in [0.05, 0.1) is 23.5 Å². The molecule has 3 aliphatic rings. The molecule has 204 valence electrons. The number of piperidine rings is 1. The first kappa shape index (κ1) is 26.3. The van der Waals surface area contributed by atoms with Crippen molar-refractivity contribution in [1.29, 1.82) is 0 Å². The van der Waals surface area contributed by atoms with E-state index in [1.807, 2.05) is 30.6 Å². The van der Waals surface area contributed by atoms with Gasteiger partial charge < -0.3 is 24.9 Å². The summed E-state index contributed by atoms with van der Waals surface area (Å²) in [6.45, 7) is 9.96. The smallest absolute Gasteiger partial charge is 0.256 e. The molecule has 3 aliphatic heterocycles. The number of benzene rings is 1. The van der Waals surface area contributed by atoms with Gasteiger partial charge in [0.2, 0.25) is 5.91 Å². The van der Waals surface area contributed by atoms with E-state index in [9.17, 15) is 14.0 Å². The van der Waals surface area contributed by atoms with E-state index in [0.29, 0.717) is 37.4 Å². The summed E-state index contributed by atoms with van der Waals surface area (Å²) in [5.74, 6) is 0.344. The van der Waals surface area contributed by atoms with E-state index < -0.39 is 5.82 Å². The number of carbonyl (C=O) groups excluding carboxylic acids is 2. The SMILES string of the molecule is CCN(C(=O)c1cc(F)ccc1N1CCN([C@H]2CCN(C(=O)[C@@H]3CCCCN3)C2)c2ncncc21)C(C)C. The summed E-state index contributed by atoms with van der Waals surface area (Å²) in [7, 11) is 0. The first-order valence-electron chi connectivity index (χ1n) is 13.9. The van der Waals surface area contributed by atoms with E-state index in [-0.39, 0.29) is 29.9 Å². The molecule has 38 heavy (non-hydrogen) atoms. The highest BCUT2D eigenvalue weighted by molar-refractivity contribution is 6.01. The second kappa shape index (κ2) is 11.2. The van der Waals surface area contributed by atoms with Gasteiger partial charge in [0.15, 0.2) is 5.82 Å². The van der Waals surface area contributed by atoms with Gasteiger partial charge in [-0.05, 0) is 64.8 Å². The predicted octanol–water partition coefficient (Wildman–Crippen LogP) is 3.19. The number of nitrogens with zero attached hydrogens (tertiary/aromatic N) is 6. The molecular formula is C28H38FN7O2. The monoisotopic (exact) mass is 523 g/mol. The Morgan fingerprint density at radius 3 is 2.74 bits per heavy atom. The Bertz CT molecular complexity index is 1170. The lowest BCUT2D eigenvalue weighted by atomic mass is 10.0. The summed E-state index contributed by atoms with van der Waals surface area (Å²) in [4.78, 5) is 43.6. The molecule has 4 heterocycles. The predicted molar refractivity (Wildman–Crippen MR) is 145 cm³/mol. The second-order valence-corrected chi connectivity index (χ2v) is 10.7. The van der Waals surface area contributed by atoms with Crippen LogP contribution in [0.25, 0.3) is 0 Å². The standard InChI is InChI=1S/C28H38FN7O2/c1-4-34(19(2)3)27(37)22-15-20(29)8-9-24(22)36-14-13-35(26-25(36)16-30-18-32-26)21-10-12-33(17-21)28(38)23-7-5-6-11-31-23/h8-9,15-16,18-19,21,23,31H,4-7,10-14,17H2,1-3H3/t21-,23-/m0/s1. The molecule has 0 spiro atoms. The normalized spacial score (nSPS) is 21.6. The molecule has 0 saturated carbocycles. The Morgan fingerprint density at radius 1 is 1.16 bits per heavy atom. The number of hydrogen-bond donors (Lipinski definition) is 1. The number of aromatic nitrogens is 2. The first-order chi connectivity index (χ1) is 18.4. The van der Waals surface area contributed by atoms with Crippen LogP contribution in [0.5, 0.6) is 0 Å². The van der Waals surface area contributed by atoms with Crippen LogP contribution in [0.15, 0.2) is 30.7 Å². The van der Waals surface area contributed by atoms with Crippen molar-refractivity contribution in [3.63, 3.8) is 0 Å². The molecule has 9 nitrogen and oxygen atoms in total. The van der Waals surface area contributed by atoms with Crippen LogP contribution in [0, 0.1) is 5.82 Å². The summed E-state index contributed by atoms with van der Waals surface area (Å²) in [5, 5.41) is 3.38. The van der Waals surface area contributed by atoms with Crippen molar-refractivity contribution in [3.8, 4) is 0 Å². The topological polar surface area (TPSA) is 84.9 Å². The molecule has 5 rings (SSSR count). The highest BCUT2D eigenvalue weighted by Crippen LogP contribution is 2.39. The molecular weight excluding hydrogens is 485 g/mol. The number of carbonyl (C=O) groups is 2. The van der Waals surface area contributed by atoms with Gasteiger partial charge >= 0.3 is 0 Å². The molecule has 0 bridgehead atoms. The maximum atomic E-state index is 14.4. The van der Waals surface area contributed by atoms with Crippen molar-refractivity contribution in [3.05, 3.63) is 42.1 Å². The van der Waals surface area contributed by atoms with Crippen molar-refractivity contribution < 1.29 is 14.0 Å². The molecule has 2 saturated heterocycles. The number of hydrogen-bond acceptors (Lipinski definition) is 7. The summed E-state index contributed by atoms with van der Waals surface area (Å²) in [6.07, 6.45) is 7.29.